The van der Waals surface area contributed by atoms with Crippen molar-refractivity contribution < 1.29 is 14.3 Å². The number of nitrogens with one attached hydrogen (secondary N) is 3. The minimum absolute atomic E-state index is 0.211. The normalized spacial score (nSPS) is 14.5. The Morgan fingerprint density at radius 1 is 1.12 bits per heavy atom. The van der Waals surface area contributed by atoms with Gasteiger partial charge in [-0.1, -0.05) is 30.3 Å². The number of ether oxygens (including phenoxy) is 1. The fourth-order valence-corrected chi connectivity index (χ4v) is 5.79. The van der Waals surface area contributed by atoms with Gasteiger partial charge in [-0.3, -0.25) is 19.5 Å². The summed E-state index contributed by atoms with van der Waals surface area (Å²) in [6, 6.07) is 13.3. The molecule has 11 heteroatoms. The molecule has 0 saturated heterocycles. The Bertz CT molecular complexity index is 1610. The SMILES string of the molecule is CC(C)(C)OC(=O)Nc1cc2sc(CNC(=O)[C@@H]3CCc4ncc(NCCCc5ccccc5)c(=O)n43)cc2cn1. The van der Waals surface area contributed by atoms with Gasteiger partial charge in [0.2, 0.25) is 5.91 Å². The van der Waals surface area contributed by atoms with Crippen molar-refractivity contribution in [3.8, 4) is 0 Å². The first-order valence-electron chi connectivity index (χ1n) is 13.7. The van der Waals surface area contributed by atoms with Crippen LogP contribution in [0, 0.1) is 0 Å². The van der Waals surface area contributed by atoms with Gasteiger partial charge >= 0.3 is 6.09 Å². The van der Waals surface area contributed by atoms with E-state index < -0.39 is 17.7 Å². The number of hydrogen-bond acceptors (Lipinski definition) is 8. The molecule has 214 valence electrons. The molecule has 0 aliphatic carbocycles. The zero-order valence-corrected chi connectivity index (χ0v) is 24.2. The number of anilines is 2. The van der Waals surface area contributed by atoms with E-state index >= 15 is 0 Å². The molecule has 0 unspecified atom stereocenters. The molecule has 0 spiro atoms. The van der Waals surface area contributed by atoms with Crippen molar-refractivity contribution in [3.63, 3.8) is 0 Å². The summed E-state index contributed by atoms with van der Waals surface area (Å²) < 4.78 is 7.73. The maximum Gasteiger partial charge on any atom is 0.413 e. The number of carbonyl (C=O) groups is 2. The van der Waals surface area contributed by atoms with Crippen molar-refractivity contribution in [3.05, 3.63) is 81.5 Å². The van der Waals surface area contributed by atoms with Crippen molar-refractivity contribution in [2.45, 2.75) is 64.6 Å². The molecule has 0 bridgehead atoms. The number of aryl methyl sites for hydroxylation is 2. The number of fused-ring (bicyclic) bond motifs is 2. The number of thiophene rings is 1. The summed E-state index contributed by atoms with van der Waals surface area (Å²) in [5, 5.41) is 9.75. The van der Waals surface area contributed by atoms with E-state index in [1.54, 1.807) is 39.2 Å². The summed E-state index contributed by atoms with van der Waals surface area (Å²) in [5.74, 6) is 0.808. The summed E-state index contributed by atoms with van der Waals surface area (Å²) >= 11 is 1.50. The van der Waals surface area contributed by atoms with Gasteiger partial charge in [0.05, 0.1) is 12.7 Å². The van der Waals surface area contributed by atoms with Crippen LogP contribution in [-0.4, -0.2) is 38.7 Å². The Morgan fingerprint density at radius 2 is 1.93 bits per heavy atom. The van der Waals surface area contributed by atoms with Crippen molar-refractivity contribution in [2.24, 2.45) is 0 Å². The number of rotatable bonds is 9. The van der Waals surface area contributed by atoms with Gasteiger partial charge in [0.25, 0.3) is 5.56 Å². The summed E-state index contributed by atoms with van der Waals surface area (Å²) in [7, 11) is 0. The highest BCUT2D eigenvalue weighted by Gasteiger charge is 2.31. The molecule has 1 atom stereocenters. The molecule has 0 fully saturated rings. The molecule has 1 aromatic carbocycles. The second-order valence-corrected chi connectivity index (χ2v) is 12.2. The third-order valence-electron chi connectivity index (χ3n) is 6.64. The third-order valence-corrected chi connectivity index (χ3v) is 7.74. The minimum atomic E-state index is -0.607. The van der Waals surface area contributed by atoms with Gasteiger partial charge in [-0.15, -0.1) is 11.3 Å². The van der Waals surface area contributed by atoms with Gasteiger partial charge in [-0.2, -0.15) is 0 Å². The van der Waals surface area contributed by atoms with Crippen LogP contribution in [0.1, 0.15) is 55.9 Å². The van der Waals surface area contributed by atoms with E-state index in [0.717, 1.165) is 27.8 Å². The van der Waals surface area contributed by atoms with Crippen LogP contribution < -0.4 is 21.5 Å². The van der Waals surface area contributed by atoms with E-state index in [-0.39, 0.29) is 11.5 Å². The lowest BCUT2D eigenvalue weighted by atomic mass is 10.1. The molecule has 1 aliphatic rings. The van der Waals surface area contributed by atoms with Crippen molar-refractivity contribution >= 4 is 44.9 Å². The summed E-state index contributed by atoms with van der Waals surface area (Å²) in [6.07, 6.45) is 5.57. The van der Waals surface area contributed by atoms with Gasteiger partial charge < -0.3 is 15.4 Å². The first kappa shape index (κ1) is 28.3. The molecule has 0 saturated carbocycles. The third kappa shape index (κ3) is 7.10. The molecular formula is C30H34N6O4S. The Morgan fingerprint density at radius 3 is 2.71 bits per heavy atom. The van der Waals surface area contributed by atoms with Crippen molar-refractivity contribution in [2.75, 3.05) is 17.2 Å². The molecule has 5 rings (SSSR count). The zero-order chi connectivity index (χ0) is 29.0. The van der Waals surface area contributed by atoms with Crippen molar-refractivity contribution in [1.82, 2.24) is 19.9 Å². The molecule has 3 aromatic heterocycles. The highest BCUT2D eigenvalue weighted by atomic mass is 32.1. The lowest BCUT2D eigenvalue weighted by Gasteiger charge is -2.19. The van der Waals surface area contributed by atoms with Crippen LogP contribution in [0.5, 0.6) is 0 Å². The lowest BCUT2D eigenvalue weighted by molar-refractivity contribution is -0.124. The summed E-state index contributed by atoms with van der Waals surface area (Å²) in [6.45, 7) is 6.34. The smallest absolute Gasteiger partial charge is 0.413 e. The largest absolute Gasteiger partial charge is 0.444 e. The Labute approximate surface area is 242 Å². The van der Waals surface area contributed by atoms with Crippen LogP contribution >= 0.6 is 11.3 Å². The monoisotopic (exact) mass is 574 g/mol. The van der Waals surface area contributed by atoms with E-state index in [1.165, 1.54) is 21.5 Å². The van der Waals surface area contributed by atoms with Crippen LogP contribution in [0.4, 0.5) is 16.3 Å². The maximum absolute atomic E-state index is 13.3. The predicted molar refractivity (Wildman–Crippen MR) is 160 cm³/mol. The summed E-state index contributed by atoms with van der Waals surface area (Å²) in [5.41, 5.74) is 0.840. The zero-order valence-electron chi connectivity index (χ0n) is 23.4. The molecule has 41 heavy (non-hydrogen) atoms. The molecular weight excluding hydrogens is 540 g/mol. The van der Waals surface area contributed by atoms with Gasteiger partial charge in [0.15, 0.2) is 0 Å². The topological polar surface area (TPSA) is 127 Å². The van der Waals surface area contributed by atoms with Gasteiger partial charge in [-0.25, -0.2) is 14.8 Å². The number of amides is 2. The first-order chi connectivity index (χ1) is 19.7. The summed E-state index contributed by atoms with van der Waals surface area (Å²) in [4.78, 5) is 48.2. The number of carbonyl (C=O) groups excluding carboxylic acids is 2. The molecule has 10 nitrogen and oxygen atoms in total. The average molecular weight is 575 g/mol. The van der Waals surface area contributed by atoms with Gasteiger partial charge in [0.1, 0.15) is 29.0 Å². The Hall–Kier alpha value is -4.25. The number of hydrogen-bond donors (Lipinski definition) is 3. The van der Waals surface area contributed by atoms with E-state index in [4.69, 9.17) is 4.74 Å². The minimum Gasteiger partial charge on any atom is -0.444 e. The van der Waals surface area contributed by atoms with E-state index in [0.29, 0.717) is 43.3 Å². The lowest BCUT2D eigenvalue weighted by Crippen LogP contribution is -2.36. The predicted octanol–water partition coefficient (Wildman–Crippen LogP) is 5.05. The van der Waals surface area contributed by atoms with Crippen molar-refractivity contribution in [1.29, 1.82) is 0 Å². The standard InChI is InChI=1S/C30H34N6O4S/c1-30(2,3)40-29(39)35-25-15-24-20(16-32-25)14-21(41-24)17-34-27(37)23-11-12-26-33-18-22(28(38)36(23)26)31-13-7-10-19-8-5-4-6-9-19/h4-6,8-9,14-16,18,23,31H,7,10-13,17H2,1-3H3,(H,34,37)(H,32,35,39)/t23-/m0/s1. The quantitative estimate of drug-likeness (QED) is 0.239. The Kier molecular flexibility index (Phi) is 8.34. The van der Waals surface area contributed by atoms with E-state index in [2.05, 4.69) is 38.1 Å². The average Bonchev–Trinajstić information content (AvgIpc) is 3.54. The fraction of sp³-hybridized carbons (Fsp3) is 0.367. The number of benzene rings is 1. The molecule has 1 aliphatic heterocycles. The van der Waals surface area contributed by atoms with Crippen LogP contribution in [0.15, 0.2) is 59.7 Å². The fourth-order valence-electron chi connectivity index (χ4n) is 4.78. The highest BCUT2D eigenvalue weighted by molar-refractivity contribution is 7.19. The molecule has 4 heterocycles. The van der Waals surface area contributed by atoms with Gasteiger partial charge in [-0.05, 0) is 57.7 Å². The van der Waals surface area contributed by atoms with Crippen LogP contribution in [0.3, 0.4) is 0 Å². The molecule has 2 amide bonds. The Balaban J connectivity index is 1.18. The van der Waals surface area contributed by atoms with E-state index in [1.807, 2.05) is 24.3 Å². The molecule has 4 aromatic rings. The van der Waals surface area contributed by atoms with Gasteiger partial charge in [0, 0.05) is 34.1 Å². The maximum atomic E-state index is 13.3. The first-order valence-corrected chi connectivity index (χ1v) is 14.5. The van der Waals surface area contributed by atoms with E-state index in [9.17, 15) is 14.4 Å². The molecule has 3 N–H and O–H groups in total. The number of nitrogens with zero attached hydrogens (tertiary/aromatic N) is 3. The van der Waals surface area contributed by atoms with Crippen LogP contribution in [0.25, 0.3) is 10.1 Å². The second-order valence-electron chi connectivity index (χ2n) is 11.0. The highest BCUT2D eigenvalue weighted by Crippen LogP contribution is 2.28. The molecule has 0 radical (unpaired) electrons. The number of aromatic nitrogens is 3. The van der Waals surface area contributed by atoms with Crippen LogP contribution in [-0.2, 0) is 28.9 Å². The number of pyridine rings is 1. The van der Waals surface area contributed by atoms with Crippen LogP contribution in [0.2, 0.25) is 0 Å². The second kappa shape index (κ2) is 12.1.